The quantitative estimate of drug-likeness (QED) is 0.806. The highest BCUT2D eigenvalue weighted by Crippen LogP contribution is 2.18. The maximum absolute atomic E-state index is 5.62. The Labute approximate surface area is 106 Å². The van der Waals surface area contributed by atoms with Gasteiger partial charge < -0.3 is 20.1 Å². The molecule has 0 radical (unpaired) electrons. The van der Waals surface area contributed by atoms with E-state index < -0.39 is 0 Å². The summed E-state index contributed by atoms with van der Waals surface area (Å²) in [5, 5.41) is 6.10. The van der Waals surface area contributed by atoms with Gasteiger partial charge >= 0.3 is 6.01 Å². The molecule has 1 aromatic rings. The number of nitrogens with zero attached hydrogens (tertiary/aromatic N) is 3. The maximum Gasteiger partial charge on any atom is 0.322 e. The van der Waals surface area contributed by atoms with E-state index in [0.29, 0.717) is 11.9 Å². The molecule has 1 aliphatic heterocycles. The smallest absolute Gasteiger partial charge is 0.322 e. The lowest BCUT2D eigenvalue weighted by Gasteiger charge is -2.20. The Balaban J connectivity index is 2.07. The molecule has 0 aromatic carbocycles. The van der Waals surface area contributed by atoms with Crippen molar-refractivity contribution >= 4 is 11.9 Å². The molecule has 1 saturated heterocycles. The zero-order valence-corrected chi connectivity index (χ0v) is 10.9. The molecule has 18 heavy (non-hydrogen) atoms. The molecule has 0 aliphatic carbocycles. The minimum Gasteiger partial charge on any atom is -0.467 e. The van der Waals surface area contributed by atoms with Gasteiger partial charge in [0, 0.05) is 13.7 Å². The predicted molar refractivity (Wildman–Crippen MR) is 68.0 cm³/mol. The molecule has 7 nitrogen and oxygen atoms in total. The van der Waals surface area contributed by atoms with E-state index in [2.05, 4.69) is 32.5 Å². The molecule has 0 saturated carbocycles. The lowest BCUT2D eigenvalue weighted by Crippen LogP contribution is -2.31. The summed E-state index contributed by atoms with van der Waals surface area (Å²) in [7, 11) is 3.28. The normalized spacial score (nSPS) is 20.5. The van der Waals surface area contributed by atoms with Crippen molar-refractivity contribution in [3.8, 4) is 6.01 Å². The van der Waals surface area contributed by atoms with E-state index in [9.17, 15) is 0 Å². The number of hydrogen-bond acceptors (Lipinski definition) is 7. The van der Waals surface area contributed by atoms with Crippen molar-refractivity contribution in [1.29, 1.82) is 0 Å². The fourth-order valence-electron chi connectivity index (χ4n) is 1.92. The van der Waals surface area contributed by atoms with Crippen molar-refractivity contribution in [2.24, 2.45) is 0 Å². The van der Waals surface area contributed by atoms with Gasteiger partial charge in [-0.1, -0.05) is 0 Å². The SMILES string of the molecule is CNc1nc(NC(C)C2CCCO2)nc(OC)n1. The third kappa shape index (κ3) is 2.98. The molecular formula is C11H19N5O2. The van der Waals surface area contributed by atoms with E-state index in [1.165, 1.54) is 7.11 Å². The fraction of sp³-hybridized carbons (Fsp3) is 0.727. The second-order valence-electron chi connectivity index (χ2n) is 4.20. The van der Waals surface area contributed by atoms with Crippen LogP contribution >= 0.6 is 0 Å². The number of nitrogens with one attached hydrogen (secondary N) is 2. The molecule has 0 spiro atoms. The molecule has 0 amide bonds. The van der Waals surface area contributed by atoms with Crippen molar-refractivity contribution in [2.75, 3.05) is 31.4 Å². The first-order chi connectivity index (χ1) is 8.72. The summed E-state index contributed by atoms with van der Waals surface area (Å²) in [5.41, 5.74) is 0. The molecule has 0 bridgehead atoms. The second-order valence-corrected chi connectivity index (χ2v) is 4.20. The highest BCUT2D eigenvalue weighted by atomic mass is 16.5. The van der Waals surface area contributed by atoms with Crippen LogP contribution in [0.1, 0.15) is 19.8 Å². The maximum atomic E-state index is 5.62. The Hall–Kier alpha value is -1.63. The molecular weight excluding hydrogens is 234 g/mol. The summed E-state index contributed by atoms with van der Waals surface area (Å²) in [6.07, 6.45) is 2.39. The Bertz CT molecular complexity index is 373. The van der Waals surface area contributed by atoms with E-state index in [1.807, 2.05) is 0 Å². The van der Waals surface area contributed by atoms with Crippen LogP contribution in [0.3, 0.4) is 0 Å². The van der Waals surface area contributed by atoms with E-state index in [-0.39, 0.29) is 18.2 Å². The first kappa shape index (κ1) is 12.8. The minimum atomic E-state index is 0.157. The number of ether oxygens (including phenoxy) is 2. The van der Waals surface area contributed by atoms with Gasteiger partial charge in [-0.3, -0.25) is 0 Å². The van der Waals surface area contributed by atoms with Gasteiger partial charge in [-0.25, -0.2) is 0 Å². The van der Waals surface area contributed by atoms with Crippen LogP contribution in [0.25, 0.3) is 0 Å². The van der Waals surface area contributed by atoms with Crippen molar-refractivity contribution in [2.45, 2.75) is 31.9 Å². The van der Waals surface area contributed by atoms with Crippen molar-refractivity contribution in [1.82, 2.24) is 15.0 Å². The van der Waals surface area contributed by atoms with Crippen LogP contribution in [0.5, 0.6) is 6.01 Å². The highest BCUT2D eigenvalue weighted by Gasteiger charge is 2.23. The highest BCUT2D eigenvalue weighted by molar-refractivity contribution is 5.36. The zero-order valence-electron chi connectivity index (χ0n) is 10.9. The molecule has 2 heterocycles. The van der Waals surface area contributed by atoms with Gasteiger partial charge in [0.1, 0.15) is 0 Å². The monoisotopic (exact) mass is 253 g/mol. The molecule has 1 aliphatic rings. The summed E-state index contributed by atoms with van der Waals surface area (Å²) >= 11 is 0. The first-order valence-corrected chi connectivity index (χ1v) is 6.09. The van der Waals surface area contributed by atoms with Crippen LogP contribution in [-0.2, 0) is 4.74 Å². The Morgan fingerprint density at radius 1 is 1.33 bits per heavy atom. The fourth-order valence-corrected chi connectivity index (χ4v) is 1.92. The van der Waals surface area contributed by atoms with E-state index in [4.69, 9.17) is 9.47 Å². The lowest BCUT2D eigenvalue weighted by molar-refractivity contribution is 0.0994. The topological polar surface area (TPSA) is 81.2 Å². The largest absolute Gasteiger partial charge is 0.467 e. The van der Waals surface area contributed by atoms with Crippen LogP contribution < -0.4 is 15.4 Å². The first-order valence-electron chi connectivity index (χ1n) is 6.09. The van der Waals surface area contributed by atoms with E-state index in [0.717, 1.165) is 19.4 Å². The second kappa shape index (κ2) is 5.81. The van der Waals surface area contributed by atoms with Gasteiger partial charge in [-0.2, -0.15) is 15.0 Å². The molecule has 2 atom stereocenters. The molecule has 2 N–H and O–H groups in total. The third-order valence-corrected chi connectivity index (χ3v) is 2.90. The van der Waals surface area contributed by atoms with Gasteiger partial charge in [0.25, 0.3) is 0 Å². The van der Waals surface area contributed by atoms with Gasteiger partial charge in [-0.15, -0.1) is 0 Å². The summed E-state index contributed by atoms with van der Waals surface area (Å²) in [5.74, 6) is 0.970. The van der Waals surface area contributed by atoms with Crippen LogP contribution in [0, 0.1) is 0 Å². The summed E-state index contributed by atoms with van der Waals surface area (Å²) in [6, 6.07) is 0.445. The number of anilines is 2. The van der Waals surface area contributed by atoms with Crippen LogP contribution in [0.2, 0.25) is 0 Å². The zero-order chi connectivity index (χ0) is 13.0. The van der Waals surface area contributed by atoms with Crippen molar-refractivity contribution in [3.63, 3.8) is 0 Å². The van der Waals surface area contributed by atoms with Gasteiger partial charge in [0.2, 0.25) is 11.9 Å². The summed E-state index contributed by atoms with van der Waals surface area (Å²) in [6.45, 7) is 2.89. The Morgan fingerprint density at radius 2 is 2.11 bits per heavy atom. The lowest BCUT2D eigenvalue weighted by atomic mass is 10.1. The number of hydrogen-bond donors (Lipinski definition) is 2. The van der Waals surface area contributed by atoms with Crippen LogP contribution in [0.4, 0.5) is 11.9 Å². The summed E-state index contributed by atoms with van der Waals surface area (Å²) in [4.78, 5) is 12.4. The van der Waals surface area contributed by atoms with Crippen molar-refractivity contribution < 1.29 is 9.47 Å². The predicted octanol–water partition coefficient (Wildman–Crippen LogP) is 0.901. The molecule has 1 fully saturated rings. The van der Waals surface area contributed by atoms with Gasteiger partial charge in [-0.05, 0) is 19.8 Å². The summed E-state index contributed by atoms with van der Waals surface area (Å²) < 4.78 is 10.7. The minimum absolute atomic E-state index is 0.157. The van der Waals surface area contributed by atoms with Gasteiger partial charge in [0.05, 0.1) is 19.3 Å². The Kier molecular flexibility index (Phi) is 4.14. The Morgan fingerprint density at radius 3 is 2.72 bits per heavy atom. The van der Waals surface area contributed by atoms with Crippen LogP contribution in [0.15, 0.2) is 0 Å². The van der Waals surface area contributed by atoms with Crippen molar-refractivity contribution in [3.05, 3.63) is 0 Å². The number of methoxy groups -OCH3 is 1. The number of rotatable bonds is 5. The molecule has 100 valence electrons. The average molecular weight is 253 g/mol. The molecule has 2 rings (SSSR count). The van der Waals surface area contributed by atoms with E-state index >= 15 is 0 Å². The standard InChI is InChI=1S/C11H19N5O2/c1-7(8-5-4-6-18-8)13-10-14-9(12-2)15-11(16-10)17-3/h7-8H,4-6H2,1-3H3,(H2,12,13,14,15,16). The molecule has 7 heteroatoms. The van der Waals surface area contributed by atoms with Crippen LogP contribution in [-0.4, -0.2) is 47.9 Å². The van der Waals surface area contributed by atoms with Gasteiger partial charge in [0.15, 0.2) is 0 Å². The molecule has 1 aromatic heterocycles. The number of aromatic nitrogens is 3. The average Bonchev–Trinajstić information content (AvgIpc) is 2.92. The third-order valence-electron chi connectivity index (χ3n) is 2.90. The van der Waals surface area contributed by atoms with E-state index in [1.54, 1.807) is 7.05 Å². The molecule has 2 unspecified atom stereocenters.